The van der Waals surface area contributed by atoms with Crippen LogP contribution in [0.4, 0.5) is 11.4 Å². The molecule has 1 atom stereocenters. The minimum absolute atomic E-state index is 0.0601. The van der Waals surface area contributed by atoms with Crippen molar-refractivity contribution in [2.24, 2.45) is 0 Å². The minimum Gasteiger partial charge on any atom is -0.492 e. The smallest absolute Gasteiger partial charge is 0.272 e. The van der Waals surface area contributed by atoms with Crippen molar-refractivity contribution in [3.8, 4) is 5.75 Å². The summed E-state index contributed by atoms with van der Waals surface area (Å²) >= 11 is 7.36. The van der Waals surface area contributed by atoms with Crippen LogP contribution in [0.25, 0.3) is 6.08 Å². The molecule has 4 aromatic carbocycles. The molecule has 42 heavy (non-hydrogen) atoms. The van der Waals surface area contributed by atoms with Crippen molar-refractivity contribution < 1.29 is 19.1 Å². The molecule has 0 aliphatic rings. The maximum Gasteiger partial charge on any atom is 0.272 e. The lowest BCUT2D eigenvalue weighted by molar-refractivity contribution is -0.115. The largest absolute Gasteiger partial charge is 0.492 e. The van der Waals surface area contributed by atoms with Gasteiger partial charge in [-0.1, -0.05) is 60.1 Å². The Balaban J connectivity index is 1.47. The molecule has 214 valence electrons. The Labute approximate surface area is 254 Å². The van der Waals surface area contributed by atoms with Crippen LogP contribution in [0.5, 0.6) is 5.75 Å². The molecule has 0 fully saturated rings. The third-order valence-electron chi connectivity index (χ3n) is 5.93. The summed E-state index contributed by atoms with van der Waals surface area (Å²) in [6.07, 6.45) is 1.58. The Morgan fingerprint density at radius 3 is 2.33 bits per heavy atom. The van der Waals surface area contributed by atoms with Crippen molar-refractivity contribution >= 4 is 58.5 Å². The Morgan fingerprint density at radius 2 is 1.60 bits per heavy atom. The molecule has 0 saturated carbocycles. The molecular weight excluding hydrogens is 570 g/mol. The van der Waals surface area contributed by atoms with E-state index in [4.69, 9.17) is 16.3 Å². The van der Waals surface area contributed by atoms with Gasteiger partial charge in [-0.25, -0.2) is 0 Å². The van der Waals surface area contributed by atoms with Gasteiger partial charge in [0.25, 0.3) is 11.8 Å². The second-order valence-electron chi connectivity index (χ2n) is 9.09. The van der Waals surface area contributed by atoms with E-state index >= 15 is 0 Å². The fourth-order valence-corrected chi connectivity index (χ4v) is 4.91. The highest BCUT2D eigenvalue weighted by atomic mass is 35.5. The third kappa shape index (κ3) is 8.73. The molecule has 3 N–H and O–H groups in total. The van der Waals surface area contributed by atoms with Gasteiger partial charge in [0.05, 0.1) is 17.5 Å². The maximum absolute atomic E-state index is 13.4. The summed E-state index contributed by atoms with van der Waals surface area (Å²) in [6, 6.07) is 30.0. The third-order valence-corrected chi connectivity index (χ3v) is 7.27. The molecule has 4 rings (SSSR count). The Hall–Kier alpha value is -4.53. The van der Waals surface area contributed by atoms with Gasteiger partial charge >= 0.3 is 0 Å². The molecule has 1 unspecified atom stereocenters. The van der Waals surface area contributed by atoms with Crippen molar-refractivity contribution in [1.82, 2.24) is 5.32 Å². The molecule has 3 amide bonds. The molecule has 9 heteroatoms. The van der Waals surface area contributed by atoms with Crippen LogP contribution in [0.1, 0.15) is 29.8 Å². The van der Waals surface area contributed by atoms with Gasteiger partial charge in [0.2, 0.25) is 5.91 Å². The highest BCUT2D eigenvalue weighted by molar-refractivity contribution is 8.00. The molecule has 0 heterocycles. The molecule has 0 aliphatic heterocycles. The lowest BCUT2D eigenvalue weighted by atomic mass is 10.1. The fourth-order valence-electron chi connectivity index (χ4n) is 3.86. The van der Waals surface area contributed by atoms with E-state index in [1.165, 1.54) is 11.8 Å². The van der Waals surface area contributed by atoms with Gasteiger partial charge in [0.15, 0.2) is 0 Å². The molecule has 0 saturated heterocycles. The van der Waals surface area contributed by atoms with Crippen LogP contribution in [0, 0.1) is 0 Å². The highest BCUT2D eigenvalue weighted by Crippen LogP contribution is 2.29. The van der Waals surface area contributed by atoms with Gasteiger partial charge in [0.1, 0.15) is 11.4 Å². The maximum atomic E-state index is 13.4. The number of amides is 3. The molecule has 0 radical (unpaired) electrons. The number of rotatable bonds is 11. The molecule has 0 bridgehead atoms. The number of hydrogen-bond donors (Lipinski definition) is 3. The molecule has 4 aromatic rings. The number of thioether (sulfide) groups is 1. The van der Waals surface area contributed by atoms with Crippen LogP contribution in [0.15, 0.2) is 114 Å². The van der Waals surface area contributed by atoms with Crippen molar-refractivity contribution in [1.29, 1.82) is 0 Å². The Kier molecular flexibility index (Phi) is 10.8. The molecular formula is C33H30ClN3O4S. The Morgan fingerprint density at radius 1 is 0.881 bits per heavy atom. The predicted octanol–water partition coefficient (Wildman–Crippen LogP) is 7.27. The monoisotopic (exact) mass is 599 g/mol. The minimum atomic E-state index is -0.505. The zero-order valence-corrected chi connectivity index (χ0v) is 24.7. The first kappa shape index (κ1) is 30.4. The number of anilines is 2. The van der Waals surface area contributed by atoms with Crippen LogP contribution in [0.2, 0.25) is 5.02 Å². The predicted molar refractivity (Wildman–Crippen MR) is 170 cm³/mol. The summed E-state index contributed by atoms with van der Waals surface area (Å²) in [7, 11) is 0. The van der Waals surface area contributed by atoms with Gasteiger partial charge < -0.3 is 20.7 Å². The number of ether oxygens (including phenoxy) is 1. The summed E-state index contributed by atoms with van der Waals surface area (Å²) in [5.41, 5.74) is 2.28. The number of nitrogens with one attached hydrogen (secondary N) is 3. The topological polar surface area (TPSA) is 96.5 Å². The van der Waals surface area contributed by atoms with Crippen LogP contribution < -0.4 is 20.7 Å². The lowest BCUT2D eigenvalue weighted by Crippen LogP contribution is -2.30. The quantitative estimate of drug-likeness (QED) is 0.124. The van der Waals surface area contributed by atoms with Gasteiger partial charge in [-0.15, -0.1) is 11.8 Å². The van der Waals surface area contributed by atoms with E-state index in [9.17, 15) is 14.4 Å². The van der Waals surface area contributed by atoms with Crippen molar-refractivity contribution in [3.63, 3.8) is 0 Å². The van der Waals surface area contributed by atoms with Crippen LogP contribution >= 0.6 is 23.4 Å². The fraction of sp³-hybridized carbons (Fsp3) is 0.121. The number of carbonyl (C=O) groups is 3. The first-order valence-corrected chi connectivity index (χ1v) is 14.5. The van der Waals surface area contributed by atoms with Gasteiger partial charge in [-0.3, -0.25) is 14.4 Å². The van der Waals surface area contributed by atoms with E-state index < -0.39 is 17.1 Å². The van der Waals surface area contributed by atoms with Crippen LogP contribution in [-0.2, 0) is 9.59 Å². The van der Waals surface area contributed by atoms with E-state index in [1.54, 1.807) is 91.9 Å². The summed E-state index contributed by atoms with van der Waals surface area (Å²) in [4.78, 5) is 40.0. The van der Waals surface area contributed by atoms with Crippen molar-refractivity contribution in [2.45, 2.75) is 24.0 Å². The standard InChI is InChI=1S/C33H30ClN3O4S/c1-3-41-30-15-8-7-14-28(30)36-31(38)22(2)42-27-13-9-12-26(21-27)35-33(40)29(20-23-16-18-25(34)19-17-23)37-32(39)24-10-5-4-6-11-24/h4-22H,3H2,1-2H3,(H,35,40)(H,36,38)(H,37,39)/b29-20+. The van der Waals surface area contributed by atoms with E-state index in [-0.39, 0.29) is 11.6 Å². The highest BCUT2D eigenvalue weighted by Gasteiger charge is 2.18. The number of para-hydroxylation sites is 2. The number of benzene rings is 4. The first-order chi connectivity index (χ1) is 20.3. The van der Waals surface area contributed by atoms with Gasteiger partial charge in [-0.2, -0.15) is 0 Å². The number of hydrogen-bond acceptors (Lipinski definition) is 5. The van der Waals surface area contributed by atoms with E-state index in [0.717, 1.165) is 4.90 Å². The summed E-state index contributed by atoms with van der Waals surface area (Å²) in [5.74, 6) is -0.494. The zero-order valence-electron chi connectivity index (χ0n) is 23.1. The molecule has 0 aromatic heterocycles. The van der Waals surface area contributed by atoms with E-state index in [2.05, 4.69) is 16.0 Å². The molecule has 0 aliphatic carbocycles. The second kappa shape index (κ2) is 14.9. The van der Waals surface area contributed by atoms with Crippen LogP contribution in [0.3, 0.4) is 0 Å². The molecule has 0 spiro atoms. The van der Waals surface area contributed by atoms with E-state index in [0.29, 0.717) is 39.9 Å². The van der Waals surface area contributed by atoms with Gasteiger partial charge in [0, 0.05) is 21.2 Å². The van der Waals surface area contributed by atoms with Gasteiger partial charge in [-0.05, 0) is 80.1 Å². The normalized spacial score (nSPS) is 11.7. The average Bonchev–Trinajstić information content (AvgIpc) is 2.99. The summed E-state index contributed by atoms with van der Waals surface area (Å²) in [6.45, 7) is 4.18. The van der Waals surface area contributed by atoms with E-state index in [1.807, 2.05) is 31.2 Å². The van der Waals surface area contributed by atoms with Crippen LogP contribution in [-0.4, -0.2) is 29.6 Å². The second-order valence-corrected chi connectivity index (χ2v) is 10.9. The van der Waals surface area contributed by atoms with Crippen molar-refractivity contribution in [3.05, 3.63) is 125 Å². The number of halogens is 1. The lowest BCUT2D eigenvalue weighted by Gasteiger charge is -2.15. The average molecular weight is 600 g/mol. The zero-order chi connectivity index (χ0) is 29.9. The Bertz CT molecular complexity index is 1580. The number of carbonyl (C=O) groups excluding carboxylic acids is 3. The summed E-state index contributed by atoms with van der Waals surface area (Å²) in [5, 5.41) is 8.63. The SMILES string of the molecule is CCOc1ccccc1NC(=O)C(C)Sc1cccc(NC(=O)/C(=C\c2ccc(Cl)cc2)NC(=O)c2ccccc2)c1. The molecule has 7 nitrogen and oxygen atoms in total. The summed E-state index contributed by atoms with van der Waals surface area (Å²) < 4.78 is 5.60. The van der Waals surface area contributed by atoms with Crippen molar-refractivity contribution in [2.75, 3.05) is 17.2 Å². The first-order valence-electron chi connectivity index (χ1n) is 13.3.